The van der Waals surface area contributed by atoms with Crippen LogP contribution in [-0.4, -0.2) is 36.7 Å². The van der Waals surface area contributed by atoms with E-state index in [9.17, 15) is 0 Å². The second-order valence-corrected chi connectivity index (χ2v) is 7.02. The fourth-order valence-corrected chi connectivity index (χ4v) is 4.24. The first-order valence-electron chi connectivity index (χ1n) is 8.42. The van der Waals surface area contributed by atoms with Gasteiger partial charge in [0.1, 0.15) is 0 Å². The zero-order chi connectivity index (χ0) is 13.8. The third kappa shape index (κ3) is 3.95. The van der Waals surface area contributed by atoms with E-state index in [2.05, 4.69) is 25.7 Å². The van der Waals surface area contributed by atoms with Crippen LogP contribution in [0.5, 0.6) is 0 Å². The smallest absolute Gasteiger partial charge is 0.0601 e. The summed E-state index contributed by atoms with van der Waals surface area (Å²) in [4.78, 5) is 2.76. The van der Waals surface area contributed by atoms with Crippen molar-refractivity contribution in [2.75, 3.05) is 13.7 Å². The van der Waals surface area contributed by atoms with E-state index in [0.717, 1.165) is 11.8 Å². The standard InChI is InChI=1S/C17H33NO/c1-5-15-6-8-16(9-7-15)12-18-13(2)10-17(19-4)11-14(18)3/h13-17H,5-12H2,1-4H3. The molecule has 2 aliphatic rings. The van der Waals surface area contributed by atoms with Crippen molar-refractivity contribution in [1.29, 1.82) is 0 Å². The molecule has 1 aliphatic heterocycles. The normalized spacial score (nSPS) is 41.4. The number of likely N-dealkylation sites (tertiary alicyclic amines) is 1. The number of ether oxygens (including phenoxy) is 1. The molecule has 1 saturated heterocycles. The Hall–Kier alpha value is -0.0800. The van der Waals surface area contributed by atoms with Gasteiger partial charge >= 0.3 is 0 Å². The minimum atomic E-state index is 0.483. The fourth-order valence-electron chi connectivity index (χ4n) is 4.24. The maximum atomic E-state index is 5.57. The summed E-state index contributed by atoms with van der Waals surface area (Å²) >= 11 is 0. The van der Waals surface area contributed by atoms with Gasteiger partial charge in [-0.25, -0.2) is 0 Å². The number of rotatable bonds is 4. The maximum absolute atomic E-state index is 5.57. The van der Waals surface area contributed by atoms with Gasteiger partial charge in [-0.1, -0.05) is 26.2 Å². The van der Waals surface area contributed by atoms with Gasteiger partial charge in [0.25, 0.3) is 0 Å². The second kappa shape index (κ2) is 7.08. The molecule has 0 spiro atoms. The van der Waals surface area contributed by atoms with Crippen molar-refractivity contribution in [3.8, 4) is 0 Å². The lowest BCUT2D eigenvalue weighted by molar-refractivity contribution is -0.0206. The molecule has 0 aromatic carbocycles. The van der Waals surface area contributed by atoms with Crippen LogP contribution < -0.4 is 0 Å². The SMILES string of the molecule is CCC1CCC(CN2C(C)CC(OC)CC2C)CC1. The van der Waals surface area contributed by atoms with Gasteiger partial charge in [-0.3, -0.25) is 4.90 Å². The fraction of sp³-hybridized carbons (Fsp3) is 1.00. The van der Waals surface area contributed by atoms with E-state index >= 15 is 0 Å². The molecule has 112 valence electrons. The van der Waals surface area contributed by atoms with Crippen molar-refractivity contribution >= 4 is 0 Å². The molecule has 1 aliphatic carbocycles. The van der Waals surface area contributed by atoms with Gasteiger partial charge in [0.05, 0.1) is 6.10 Å². The van der Waals surface area contributed by atoms with Crippen molar-refractivity contribution in [3.63, 3.8) is 0 Å². The van der Waals surface area contributed by atoms with Gasteiger partial charge in [-0.05, 0) is 51.4 Å². The first-order valence-corrected chi connectivity index (χ1v) is 8.42. The summed E-state index contributed by atoms with van der Waals surface area (Å²) in [5, 5.41) is 0. The van der Waals surface area contributed by atoms with E-state index in [1.54, 1.807) is 0 Å². The summed E-state index contributed by atoms with van der Waals surface area (Å²) in [6.07, 6.45) is 10.2. The van der Waals surface area contributed by atoms with Crippen molar-refractivity contribution in [2.45, 2.75) is 83.9 Å². The van der Waals surface area contributed by atoms with Crippen LogP contribution in [0, 0.1) is 11.8 Å². The van der Waals surface area contributed by atoms with Crippen LogP contribution in [0.3, 0.4) is 0 Å². The molecule has 0 radical (unpaired) electrons. The molecule has 1 saturated carbocycles. The first kappa shape index (κ1) is 15.3. The topological polar surface area (TPSA) is 12.5 Å². The zero-order valence-corrected chi connectivity index (χ0v) is 13.4. The molecule has 0 bridgehead atoms. The van der Waals surface area contributed by atoms with E-state index in [0.29, 0.717) is 18.2 Å². The van der Waals surface area contributed by atoms with E-state index in [1.807, 2.05) is 7.11 Å². The second-order valence-electron chi connectivity index (χ2n) is 7.02. The number of nitrogens with zero attached hydrogens (tertiary/aromatic N) is 1. The first-order chi connectivity index (χ1) is 9.13. The lowest BCUT2D eigenvalue weighted by Crippen LogP contribution is -2.50. The summed E-state index contributed by atoms with van der Waals surface area (Å²) in [6, 6.07) is 1.38. The number of hydrogen-bond acceptors (Lipinski definition) is 2. The van der Waals surface area contributed by atoms with Crippen molar-refractivity contribution in [2.24, 2.45) is 11.8 Å². The molecule has 2 heteroatoms. The molecular weight excluding hydrogens is 234 g/mol. The average Bonchev–Trinajstić information content (AvgIpc) is 2.43. The molecule has 0 amide bonds. The Balaban J connectivity index is 1.82. The van der Waals surface area contributed by atoms with Gasteiger partial charge in [-0.2, -0.15) is 0 Å². The van der Waals surface area contributed by atoms with Crippen LogP contribution in [0.25, 0.3) is 0 Å². The zero-order valence-electron chi connectivity index (χ0n) is 13.4. The van der Waals surface area contributed by atoms with Gasteiger partial charge < -0.3 is 4.74 Å². The van der Waals surface area contributed by atoms with E-state index in [4.69, 9.17) is 4.74 Å². The van der Waals surface area contributed by atoms with E-state index in [1.165, 1.54) is 51.5 Å². The molecule has 2 atom stereocenters. The Morgan fingerprint density at radius 1 is 0.947 bits per heavy atom. The van der Waals surface area contributed by atoms with Gasteiger partial charge in [0.15, 0.2) is 0 Å². The highest BCUT2D eigenvalue weighted by Crippen LogP contribution is 2.33. The maximum Gasteiger partial charge on any atom is 0.0601 e. The van der Waals surface area contributed by atoms with E-state index in [-0.39, 0.29) is 0 Å². The lowest BCUT2D eigenvalue weighted by Gasteiger charge is -2.44. The van der Waals surface area contributed by atoms with Gasteiger partial charge in [-0.15, -0.1) is 0 Å². The summed E-state index contributed by atoms with van der Waals surface area (Å²) in [7, 11) is 1.87. The molecule has 0 aromatic heterocycles. The molecule has 2 fully saturated rings. The minimum Gasteiger partial charge on any atom is -0.381 e. The summed E-state index contributed by atoms with van der Waals surface area (Å²) in [6.45, 7) is 8.46. The average molecular weight is 267 g/mol. The van der Waals surface area contributed by atoms with Crippen LogP contribution in [0.1, 0.15) is 65.7 Å². The molecule has 0 aromatic rings. The lowest BCUT2D eigenvalue weighted by atomic mass is 9.80. The third-order valence-electron chi connectivity index (χ3n) is 5.69. The van der Waals surface area contributed by atoms with Crippen molar-refractivity contribution in [1.82, 2.24) is 4.90 Å². The Kier molecular flexibility index (Phi) is 5.70. The van der Waals surface area contributed by atoms with Crippen molar-refractivity contribution in [3.05, 3.63) is 0 Å². The highest BCUT2D eigenvalue weighted by Gasteiger charge is 2.32. The highest BCUT2D eigenvalue weighted by molar-refractivity contribution is 4.87. The van der Waals surface area contributed by atoms with Gasteiger partial charge in [0.2, 0.25) is 0 Å². The molecule has 2 unspecified atom stereocenters. The molecule has 0 N–H and O–H groups in total. The minimum absolute atomic E-state index is 0.483. The number of hydrogen-bond donors (Lipinski definition) is 0. The van der Waals surface area contributed by atoms with Crippen LogP contribution in [0.15, 0.2) is 0 Å². The van der Waals surface area contributed by atoms with Crippen molar-refractivity contribution < 1.29 is 4.74 Å². The predicted octanol–water partition coefficient (Wildman–Crippen LogP) is 4.09. The monoisotopic (exact) mass is 267 g/mol. The Morgan fingerprint density at radius 2 is 1.47 bits per heavy atom. The number of piperidine rings is 1. The molecule has 19 heavy (non-hydrogen) atoms. The Labute approximate surface area is 119 Å². The Morgan fingerprint density at radius 3 is 1.95 bits per heavy atom. The van der Waals surface area contributed by atoms with Crippen LogP contribution in [0.2, 0.25) is 0 Å². The number of methoxy groups -OCH3 is 1. The summed E-state index contributed by atoms with van der Waals surface area (Å²) in [5.74, 6) is 1.97. The van der Waals surface area contributed by atoms with Crippen LogP contribution >= 0.6 is 0 Å². The summed E-state index contributed by atoms with van der Waals surface area (Å²) in [5.41, 5.74) is 0. The predicted molar refractivity (Wildman–Crippen MR) is 81.4 cm³/mol. The van der Waals surface area contributed by atoms with Gasteiger partial charge in [0, 0.05) is 25.7 Å². The highest BCUT2D eigenvalue weighted by atomic mass is 16.5. The largest absolute Gasteiger partial charge is 0.381 e. The van der Waals surface area contributed by atoms with Crippen LogP contribution in [-0.2, 0) is 4.74 Å². The van der Waals surface area contributed by atoms with Crippen LogP contribution in [0.4, 0.5) is 0 Å². The quantitative estimate of drug-likeness (QED) is 0.760. The molecule has 1 heterocycles. The molecular formula is C17H33NO. The third-order valence-corrected chi connectivity index (χ3v) is 5.69. The molecule has 2 rings (SSSR count). The summed E-state index contributed by atoms with van der Waals surface area (Å²) < 4.78 is 5.57. The van der Waals surface area contributed by atoms with E-state index < -0.39 is 0 Å². The molecule has 2 nitrogen and oxygen atoms in total. The Bertz CT molecular complexity index is 248.